The standard InChI is InChI=1S/C19H38O5S/c1-5-17-9-16(2)15-25-8-6-7-24-19(13-22-10-17)14-23-12-18(21-4)11-20-3/h16-19H,5-15H2,1-4H3. The van der Waals surface area contributed by atoms with Gasteiger partial charge in [0.25, 0.3) is 0 Å². The molecule has 150 valence electrons. The molecule has 0 aliphatic carbocycles. The molecule has 0 radical (unpaired) electrons. The van der Waals surface area contributed by atoms with Gasteiger partial charge in [-0.25, -0.2) is 0 Å². The fraction of sp³-hybridized carbons (Fsp3) is 1.00. The van der Waals surface area contributed by atoms with Crippen LogP contribution < -0.4 is 0 Å². The minimum Gasteiger partial charge on any atom is -0.382 e. The summed E-state index contributed by atoms with van der Waals surface area (Å²) in [5, 5.41) is 0. The zero-order valence-electron chi connectivity index (χ0n) is 16.5. The van der Waals surface area contributed by atoms with E-state index in [9.17, 15) is 0 Å². The maximum absolute atomic E-state index is 5.99. The second-order valence-electron chi connectivity index (χ2n) is 6.92. The van der Waals surface area contributed by atoms with E-state index in [4.69, 9.17) is 23.7 Å². The lowest BCUT2D eigenvalue weighted by molar-refractivity contribution is -0.0871. The molecule has 0 aromatic heterocycles. The van der Waals surface area contributed by atoms with E-state index in [-0.39, 0.29) is 12.2 Å². The molecular formula is C19H38O5S. The van der Waals surface area contributed by atoms with Gasteiger partial charge in [0.05, 0.1) is 26.4 Å². The van der Waals surface area contributed by atoms with Gasteiger partial charge < -0.3 is 23.7 Å². The third kappa shape index (κ3) is 11.5. The minimum atomic E-state index is -0.0389. The number of hydrogen-bond acceptors (Lipinski definition) is 6. The van der Waals surface area contributed by atoms with Crippen molar-refractivity contribution in [2.45, 2.75) is 45.3 Å². The first-order chi connectivity index (χ1) is 12.2. The van der Waals surface area contributed by atoms with Crippen molar-refractivity contribution >= 4 is 11.8 Å². The van der Waals surface area contributed by atoms with Gasteiger partial charge in [-0.15, -0.1) is 0 Å². The van der Waals surface area contributed by atoms with Gasteiger partial charge in [-0.2, -0.15) is 11.8 Å². The number of hydrogen-bond donors (Lipinski definition) is 0. The van der Waals surface area contributed by atoms with Crippen molar-refractivity contribution in [3.8, 4) is 0 Å². The van der Waals surface area contributed by atoms with Crippen LogP contribution in [0.2, 0.25) is 0 Å². The van der Waals surface area contributed by atoms with Gasteiger partial charge in [0, 0.05) is 27.4 Å². The van der Waals surface area contributed by atoms with Crippen LogP contribution in [0, 0.1) is 11.8 Å². The molecule has 1 fully saturated rings. The van der Waals surface area contributed by atoms with E-state index >= 15 is 0 Å². The van der Waals surface area contributed by atoms with E-state index in [0.29, 0.717) is 32.3 Å². The highest BCUT2D eigenvalue weighted by atomic mass is 32.2. The normalized spacial score (nSPS) is 28.6. The molecule has 1 heterocycles. The highest BCUT2D eigenvalue weighted by Crippen LogP contribution is 2.21. The van der Waals surface area contributed by atoms with Gasteiger partial charge in [0.2, 0.25) is 0 Å². The summed E-state index contributed by atoms with van der Waals surface area (Å²) >= 11 is 2.04. The molecular weight excluding hydrogens is 340 g/mol. The van der Waals surface area contributed by atoms with Gasteiger partial charge in [-0.1, -0.05) is 20.3 Å². The maximum atomic E-state index is 5.99. The van der Waals surface area contributed by atoms with Crippen molar-refractivity contribution in [3.05, 3.63) is 0 Å². The summed E-state index contributed by atoms with van der Waals surface area (Å²) in [6.07, 6.45) is 3.45. The maximum Gasteiger partial charge on any atom is 0.104 e. The summed E-state index contributed by atoms with van der Waals surface area (Å²) in [6.45, 7) is 8.36. The molecule has 5 nitrogen and oxygen atoms in total. The third-order valence-electron chi connectivity index (χ3n) is 4.45. The van der Waals surface area contributed by atoms with E-state index in [1.165, 1.54) is 18.6 Å². The summed E-state index contributed by atoms with van der Waals surface area (Å²) in [5.41, 5.74) is 0. The summed E-state index contributed by atoms with van der Waals surface area (Å²) in [6, 6.07) is 0. The Morgan fingerprint density at radius 3 is 2.76 bits per heavy atom. The van der Waals surface area contributed by atoms with Crippen LogP contribution in [-0.4, -0.2) is 77.6 Å². The van der Waals surface area contributed by atoms with Gasteiger partial charge in [-0.3, -0.25) is 0 Å². The average Bonchev–Trinajstić information content (AvgIpc) is 2.63. The summed E-state index contributed by atoms with van der Waals surface area (Å²) in [4.78, 5) is 0. The number of thioether (sulfide) groups is 1. The fourth-order valence-electron chi connectivity index (χ4n) is 2.90. The molecule has 1 rings (SSSR count). The number of rotatable bonds is 8. The number of methoxy groups -OCH3 is 2. The summed E-state index contributed by atoms with van der Waals surface area (Å²) in [7, 11) is 3.34. The highest BCUT2D eigenvalue weighted by molar-refractivity contribution is 7.99. The minimum absolute atomic E-state index is 0.0132. The molecule has 0 saturated carbocycles. The van der Waals surface area contributed by atoms with Crippen LogP contribution in [0.15, 0.2) is 0 Å². The first-order valence-electron chi connectivity index (χ1n) is 9.56. The highest BCUT2D eigenvalue weighted by Gasteiger charge is 2.17. The molecule has 0 amide bonds. The first kappa shape index (κ1) is 23.2. The van der Waals surface area contributed by atoms with E-state index in [0.717, 1.165) is 31.3 Å². The van der Waals surface area contributed by atoms with Crippen LogP contribution in [0.5, 0.6) is 0 Å². The molecule has 1 aliphatic rings. The van der Waals surface area contributed by atoms with Crippen molar-refractivity contribution in [2.24, 2.45) is 11.8 Å². The Labute approximate surface area is 158 Å². The Morgan fingerprint density at radius 2 is 2.04 bits per heavy atom. The SMILES string of the molecule is CCC1COCC(COCC(COC)OC)OCCCSCC(C)C1. The van der Waals surface area contributed by atoms with E-state index in [2.05, 4.69) is 13.8 Å². The zero-order chi connectivity index (χ0) is 18.3. The molecule has 25 heavy (non-hydrogen) atoms. The van der Waals surface area contributed by atoms with Crippen molar-refractivity contribution in [1.29, 1.82) is 0 Å². The summed E-state index contributed by atoms with van der Waals surface area (Å²) in [5.74, 6) is 3.79. The first-order valence-corrected chi connectivity index (χ1v) is 10.7. The molecule has 4 unspecified atom stereocenters. The van der Waals surface area contributed by atoms with Crippen LogP contribution in [0.4, 0.5) is 0 Å². The van der Waals surface area contributed by atoms with Crippen LogP contribution in [0.3, 0.4) is 0 Å². The van der Waals surface area contributed by atoms with Gasteiger partial charge in [-0.05, 0) is 36.2 Å². The molecule has 4 atom stereocenters. The second-order valence-corrected chi connectivity index (χ2v) is 8.07. The lowest BCUT2D eigenvalue weighted by Gasteiger charge is -2.22. The monoisotopic (exact) mass is 378 g/mol. The predicted molar refractivity (Wildman–Crippen MR) is 104 cm³/mol. The molecule has 0 spiro atoms. The van der Waals surface area contributed by atoms with Gasteiger partial charge >= 0.3 is 0 Å². The van der Waals surface area contributed by atoms with Crippen LogP contribution >= 0.6 is 11.8 Å². The Kier molecular flexibility index (Phi) is 14.1. The molecule has 0 N–H and O–H groups in total. The van der Waals surface area contributed by atoms with Crippen molar-refractivity contribution in [2.75, 3.05) is 65.4 Å². The average molecular weight is 379 g/mol. The van der Waals surface area contributed by atoms with Crippen molar-refractivity contribution < 1.29 is 23.7 Å². The topological polar surface area (TPSA) is 46.2 Å². The lowest BCUT2D eigenvalue weighted by atomic mass is 9.95. The largest absolute Gasteiger partial charge is 0.382 e. The Balaban J connectivity index is 2.40. The van der Waals surface area contributed by atoms with Crippen molar-refractivity contribution in [1.82, 2.24) is 0 Å². The Bertz CT molecular complexity index is 306. The molecule has 0 bridgehead atoms. The van der Waals surface area contributed by atoms with Gasteiger partial charge in [0.15, 0.2) is 0 Å². The molecule has 1 saturated heterocycles. The van der Waals surface area contributed by atoms with Crippen LogP contribution in [0.1, 0.15) is 33.1 Å². The molecule has 0 aromatic carbocycles. The fourth-order valence-corrected chi connectivity index (χ4v) is 3.92. The van der Waals surface area contributed by atoms with Gasteiger partial charge in [0.1, 0.15) is 12.2 Å². The van der Waals surface area contributed by atoms with E-state index < -0.39 is 0 Å². The number of ether oxygens (including phenoxy) is 5. The smallest absolute Gasteiger partial charge is 0.104 e. The molecule has 0 aromatic rings. The lowest BCUT2D eigenvalue weighted by Crippen LogP contribution is -2.31. The van der Waals surface area contributed by atoms with E-state index in [1.54, 1.807) is 14.2 Å². The van der Waals surface area contributed by atoms with E-state index in [1.807, 2.05) is 11.8 Å². The predicted octanol–water partition coefficient (Wildman–Crippen LogP) is 3.26. The Morgan fingerprint density at radius 1 is 1.20 bits per heavy atom. The zero-order valence-corrected chi connectivity index (χ0v) is 17.4. The van der Waals surface area contributed by atoms with Crippen LogP contribution in [-0.2, 0) is 23.7 Å². The molecule has 6 heteroatoms. The Hall–Kier alpha value is 0.150. The molecule has 1 aliphatic heterocycles. The quantitative estimate of drug-likeness (QED) is 0.646. The van der Waals surface area contributed by atoms with Crippen LogP contribution in [0.25, 0.3) is 0 Å². The van der Waals surface area contributed by atoms with Crippen molar-refractivity contribution in [3.63, 3.8) is 0 Å². The second kappa shape index (κ2) is 15.2. The third-order valence-corrected chi connectivity index (χ3v) is 5.83. The summed E-state index contributed by atoms with van der Waals surface area (Å²) < 4.78 is 28.2.